The molecule has 0 radical (unpaired) electrons. The molecule has 3 nitrogen and oxygen atoms in total. The summed E-state index contributed by atoms with van der Waals surface area (Å²) in [5.41, 5.74) is 0.918. The van der Waals surface area contributed by atoms with Crippen molar-refractivity contribution in [3.8, 4) is 11.8 Å². The van der Waals surface area contributed by atoms with Gasteiger partial charge < -0.3 is 9.47 Å². The van der Waals surface area contributed by atoms with Gasteiger partial charge in [-0.15, -0.1) is 0 Å². The molecular formula is C20H24FNO2. The zero-order valence-corrected chi connectivity index (χ0v) is 14.3. The Morgan fingerprint density at radius 1 is 1.33 bits per heavy atom. The minimum atomic E-state index is -0.316. The first-order valence-electron chi connectivity index (χ1n) is 8.12. The summed E-state index contributed by atoms with van der Waals surface area (Å²) in [6, 6.07) is 6.67. The van der Waals surface area contributed by atoms with Crippen LogP contribution in [0.2, 0.25) is 0 Å². The van der Waals surface area contributed by atoms with Gasteiger partial charge in [0.25, 0.3) is 0 Å². The maximum absolute atomic E-state index is 13.8. The summed E-state index contributed by atoms with van der Waals surface area (Å²) in [7, 11) is 0. The number of nitrogens with zero attached hydrogens (tertiary/aromatic N) is 1. The smallest absolute Gasteiger partial charge is 0.128 e. The van der Waals surface area contributed by atoms with Crippen LogP contribution in [0.25, 0.3) is 0 Å². The van der Waals surface area contributed by atoms with Crippen LogP contribution in [0.1, 0.15) is 38.7 Å². The van der Waals surface area contributed by atoms with Crippen molar-refractivity contribution in [2.24, 2.45) is 0 Å². The molecule has 0 saturated heterocycles. The topological polar surface area (TPSA) is 42.2 Å². The summed E-state index contributed by atoms with van der Waals surface area (Å²) in [6.07, 6.45) is 7.28. The van der Waals surface area contributed by atoms with Gasteiger partial charge in [0.1, 0.15) is 17.3 Å². The van der Waals surface area contributed by atoms with Crippen LogP contribution in [0.15, 0.2) is 54.3 Å². The van der Waals surface area contributed by atoms with Gasteiger partial charge in [-0.2, -0.15) is 5.26 Å². The van der Waals surface area contributed by atoms with Crippen molar-refractivity contribution in [2.75, 3.05) is 6.61 Å². The Bertz CT molecular complexity index is 642. The number of nitriles is 1. The standard InChI is InChI=1S/C20H24FNO2/c1-4-7-16(14-22)12-18(8-5-2)24-19-9-10-20(21)17(13-19)15-23-11-6-3/h4,7,9-10,12-13H,1,5-6,8,11,15H2,2-3H3/b16-7+,18-12+. The summed E-state index contributed by atoms with van der Waals surface area (Å²) in [5, 5.41) is 9.11. The van der Waals surface area contributed by atoms with Gasteiger partial charge >= 0.3 is 0 Å². The van der Waals surface area contributed by atoms with Crippen molar-refractivity contribution in [3.05, 3.63) is 65.7 Å². The Morgan fingerprint density at radius 3 is 2.75 bits per heavy atom. The SMILES string of the molecule is C=C/C=C(C#N)\C=C(/CCC)Oc1ccc(F)c(COCCC)c1. The first-order chi connectivity index (χ1) is 11.6. The van der Waals surface area contributed by atoms with Crippen molar-refractivity contribution in [3.63, 3.8) is 0 Å². The van der Waals surface area contributed by atoms with Gasteiger partial charge in [0, 0.05) is 18.6 Å². The Kier molecular flexibility index (Phi) is 9.18. The maximum atomic E-state index is 13.8. The molecular weight excluding hydrogens is 305 g/mol. The molecule has 0 amide bonds. The molecule has 0 spiro atoms. The Labute approximate surface area is 143 Å². The van der Waals surface area contributed by atoms with Gasteiger partial charge in [-0.05, 0) is 43.2 Å². The van der Waals surface area contributed by atoms with Crippen LogP contribution >= 0.6 is 0 Å². The quantitative estimate of drug-likeness (QED) is 0.248. The third kappa shape index (κ3) is 6.80. The van der Waals surface area contributed by atoms with E-state index in [0.717, 1.165) is 12.8 Å². The van der Waals surface area contributed by atoms with Gasteiger partial charge in [0.15, 0.2) is 0 Å². The van der Waals surface area contributed by atoms with Crippen LogP contribution in [-0.4, -0.2) is 6.61 Å². The Balaban J connectivity index is 2.96. The number of hydrogen-bond acceptors (Lipinski definition) is 3. The van der Waals surface area contributed by atoms with E-state index in [-0.39, 0.29) is 12.4 Å². The van der Waals surface area contributed by atoms with Crippen molar-refractivity contribution in [1.29, 1.82) is 5.26 Å². The highest BCUT2D eigenvalue weighted by atomic mass is 19.1. The molecule has 0 atom stereocenters. The number of benzene rings is 1. The fourth-order valence-corrected chi connectivity index (χ4v) is 2.02. The number of allylic oxidation sites excluding steroid dienone is 5. The van der Waals surface area contributed by atoms with E-state index in [9.17, 15) is 4.39 Å². The zero-order chi connectivity index (χ0) is 17.8. The lowest BCUT2D eigenvalue weighted by Gasteiger charge is -2.12. The average molecular weight is 329 g/mol. The number of hydrogen-bond donors (Lipinski definition) is 0. The van der Waals surface area contributed by atoms with E-state index in [0.29, 0.717) is 35.7 Å². The highest BCUT2D eigenvalue weighted by Crippen LogP contribution is 2.22. The fraction of sp³-hybridized carbons (Fsp3) is 0.350. The fourth-order valence-electron chi connectivity index (χ4n) is 2.02. The molecule has 1 rings (SSSR count). The molecule has 0 N–H and O–H groups in total. The molecule has 0 aliphatic carbocycles. The molecule has 1 aromatic rings. The molecule has 1 aromatic carbocycles. The van der Waals surface area contributed by atoms with E-state index in [2.05, 4.69) is 12.6 Å². The summed E-state index contributed by atoms with van der Waals surface area (Å²) >= 11 is 0. The van der Waals surface area contributed by atoms with E-state index in [1.165, 1.54) is 6.07 Å². The highest BCUT2D eigenvalue weighted by molar-refractivity contribution is 5.38. The first kappa shape index (κ1) is 19.7. The van der Waals surface area contributed by atoms with Gasteiger partial charge in [0.2, 0.25) is 0 Å². The van der Waals surface area contributed by atoms with Gasteiger partial charge in [0.05, 0.1) is 18.2 Å². The summed E-state index contributed by atoms with van der Waals surface area (Å²) < 4.78 is 25.1. The lowest BCUT2D eigenvalue weighted by Crippen LogP contribution is -2.00. The van der Waals surface area contributed by atoms with Crippen LogP contribution in [-0.2, 0) is 11.3 Å². The molecule has 0 saturated carbocycles. The number of ether oxygens (including phenoxy) is 2. The predicted molar refractivity (Wildman–Crippen MR) is 93.9 cm³/mol. The molecule has 0 aliphatic heterocycles. The highest BCUT2D eigenvalue weighted by Gasteiger charge is 2.07. The third-order valence-electron chi connectivity index (χ3n) is 3.11. The molecule has 0 unspecified atom stereocenters. The number of halogens is 1. The van der Waals surface area contributed by atoms with E-state index < -0.39 is 0 Å². The summed E-state index contributed by atoms with van der Waals surface area (Å²) in [5.74, 6) is 0.866. The monoisotopic (exact) mass is 329 g/mol. The van der Waals surface area contributed by atoms with Gasteiger partial charge in [-0.3, -0.25) is 0 Å². The second kappa shape index (κ2) is 11.2. The zero-order valence-electron chi connectivity index (χ0n) is 14.3. The van der Waals surface area contributed by atoms with Gasteiger partial charge in [-0.1, -0.05) is 26.5 Å². The normalized spacial score (nSPS) is 11.9. The Morgan fingerprint density at radius 2 is 2.12 bits per heavy atom. The van der Waals surface area contributed by atoms with E-state index in [1.807, 2.05) is 13.8 Å². The second-order valence-corrected chi connectivity index (χ2v) is 5.24. The third-order valence-corrected chi connectivity index (χ3v) is 3.11. The molecule has 0 heterocycles. The molecule has 128 valence electrons. The van der Waals surface area contributed by atoms with Crippen molar-refractivity contribution >= 4 is 0 Å². The van der Waals surface area contributed by atoms with Gasteiger partial charge in [-0.25, -0.2) is 4.39 Å². The summed E-state index contributed by atoms with van der Waals surface area (Å²) in [6.45, 7) is 8.41. The Hall–Kier alpha value is -2.38. The second-order valence-electron chi connectivity index (χ2n) is 5.24. The summed E-state index contributed by atoms with van der Waals surface area (Å²) in [4.78, 5) is 0. The van der Waals surface area contributed by atoms with Crippen LogP contribution in [0, 0.1) is 17.1 Å². The predicted octanol–water partition coefficient (Wildman–Crippen LogP) is 5.45. The minimum absolute atomic E-state index is 0.212. The molecule has 0 aromatic heterocycles. The van der Waals surface area contributed by atoms with Crippen LogP contribution < -0.4 is 4.74 Å². The molecule has 0 aliphatic rings. The molecule has 4 heteroatoms. The first-order valence-corrected chi connectivity index (χ1v) is 8.12. The average Bonchev–Trinajstić information content (AvgIpc) is 2.57. The van der Waals surface area contributed by atoms with Crippen molar-refractivity contribution in [2.45, 2.75) is 39.7 Å². The van der Waals surface area contributed by atoms with E-state index >= 15 is 0 Å². The van der Waals surface area contributed by atoms with Crippen LogP contribution in [0.3, 0.4) is 0 Å². The largest absolute Gasteiger partial charge is 0.462 e. The molecule has 24 heavy (non-hydrogen) atoms. The van der Waals surface area contributed by atoms with Crippen LogP contribution in [0.5, 0.6) is 5.75 Å². The van der Waals surface area contributed by atoms with Crippen LogP contribution in [0.4, 0.5) is 4.39 Å². The maximum Gasteiger partial charge on any atom is 0.128 e. The van der Waals surface area contributed by atoms with Crippen molar-refractivity contribution in [1.82, 2.24) is 0 Å². The number of rotatable bonds is 10. The lowest BCUT2D eigenvalue weighted by molar-refractivity contribution is 0.119. The van der Waals surface area contributed by atoms with Crippen molar-refractivity contribution < 1.29 is 13.9 Å². The van der Waals surface area contributed by atoms with E-state index in [1.54, 1.807) is 30.4 Å². The van der Waals surface area contributed by atoms with E-state index in [4.69, 9.17) is 14.7 Å². The minimum Gasteiger partial charge on any atom is -0.462 e. The molecule has 0 bridgehead atoms. The lowest BCUT2D eigenvalue weighted by atomic mass is 10.2. The molecule has 0 fully saturated rings.